The van der Waals surface area contributed by atoms with Crippen LogP contribution in [-0.2, 0) is 16.1 Å². The van der Waals surface area contributed by atoms with Crippen molar-refractivity contribution in [3.05, 3.63) is 90.1 Å². The predicted octanol–water partition coefficient (Wildman–Crippen LogP) is 3.14. The summed E-state index contributed by atoms with van der Waals surface area (Å²) in [4.78, 5) is 38.5. The Hall–Kier alpha value is -4.20. The SMILES string of the molecule is O=C(Nc1ccnn1Cc1ccccc1)c1cccc(N2NC(=O)C3CC=CCC3C2=O)c1. The van der Waals surface area contributed by atoms with Crippen LogP contribution in [0.4, 0.5) is 11.5 Å². The van der Waals surface area contributed by atoms with Crippen LogP contribution in [0.5, 0.6) is 0 Å². The van der Waals surface area contributed by atoms with Crippen LogP contribution < -0.4 is 15.8 Å². The molecule has 2 N–H and O–H groups in total. The van der Waals surface area contributed by atoms with Crippen LogP contribution in [0, 0.1) is 11.8 Å². The summed E-state index contributed by atoms with van der Waals surface area (Å²) in [5, 5.41) is 8.45. The molecule has 0 spiro atoms. The van der Waals surface area contributed by atoms with E-state index in [0.717, 1.165) is 5.56 Å². The summed E-state index contributed by atoms with van der Waals surface area (Å²) in [6, 6.07) is 18.2. The number of hydrazine groups is 1. The fourth-order valence-electron chi connectivity index (χ4n) is 4.28. The van der Waals surface area contributed by atoms with E-state index >= 15 is 0 Å². The van der Waals surface area contributed by atoms with Gasteiger partial charge >= 0.3 is 0 Å². The molecule has 8 heteroatoms. The van der Waals surface area contributed by atoms with Gasteiger partial charge in [-0.15, -0.1) is 0 Å². The molecule has 5 rings (SSSR count). The number of fused-ring (bicyclic) bond motifs is 1. The summed E-state index contributed by atoms with van der Waals surface area (Å²) in [5.74, 6) is -0.830. The van der Waals surface area contributed by atoms with E-state index in [0.29, 0.717) is 36.5 Å². The van der Waals surface area contributed by atoms with Crippen LogP contribution in [-0.4, -0.2) is 27.5 Å². The lowest BCUT2D eigenvalue weighted by atomic mass is 9.80. The second-order valence-electron chi connectivity index (χ2n) is 8.17. The summed E-state index contributed by atoms with van der Waals surface area (Å²) in [6.45, 7) is 0.523. The van der Waals surface area contributed by atoms with Crippen molar-refractivity contribution >= 4 is 29.2 Å². The first-order chi connectivity index (χ1) is 16.1. The molecule has 3 amide bonds. The molecule has 2 aliphatic rings. The molecule has 166 valence electrons. The molecule has 2 unspecified atom stereocenters. The number of hydrogen-bond donors (Lipinski definition) is 2. The Morgan fingerprint density at radius 1 is 1.00 bits per heavy atom. The molecule has 0 bridgehead atoms. The van der Waals surface area contributed by atoms with Crippen LogP contribution in [0.3, 0.4) is 0 Å². The highest BCUT2D eigenvalue weighted by Crippen LogP contribution is 2.32. The lowest BCUT2D eigenvalue weighted by molar-refractivity contribution is -0.139. The molecule has 1 saturated heterocycles. The summed E-state index contributed by atoms with van der Waals surface area (Å²) < 4.78 is 1.71. The summed E-state index contributed by atoms with van der Waals surface area (Å²) in [5.41, 5.74) is 4.58. The maximum Gasteiger partial charge on any atom is 0.256 e. The first-order valence-electron chi connectivity index (χ1n) is 10.9. The third kappa shape index (κ3) is 4.15. The number of carbonyl (C=O) groups is 3. The van der Waals surface area contributed by atoms with E-state index in [2.05, 4.69) is 15.8 Å². The number of hydrogen-bond acceptors (Lipinski definition) is 4. The van der Waals surface area contributed by atoms with Crippen LogP contribution in [0.15, 0.2) is 79.0 Å². The third-order valence-electron chi connectivity index (χ3n) is 6.03. The average Bonchev–Trinajstić information content (AvgIpc) is 3.28. The molecular weight excluding hydrogens is 418 g/mol. The maximum atomic E-state index is 13.0. The number of rotatable bonds is 5. The first kappa shape index (κ1) is 20.7. The van der Waals surface area contributed by atoms with Crippen molar-refractivity contribution in [3.8, 4) is 0 Å². The molecule has 2 aromatic carbocycles. The van der Waals surface area contributed by atoms with E-state index < -0.39 is 0 Å². The molecule has 2 atom stereocenters. The number of allylic oxidation sites excluding steroid dienone is 2. The van der Waals surface area contributed by atoms with Crippen molar-refractivity contribution in [2.45, 2.75) is 19.4 Å². The zero-order chi connectivity index (χ0) is 22.8. The number of nitrogens with one attached hydrogen (secondary N) is 2. The standard InChI is InChI=1S/C25H23N5O3/c31-23(27-22-13-14-26-29(22)16-17-7-2-1-3-8-17)18-9-6-10-19(15-18)30-25(33)21-12-5-4-11-20(21)24(32)28-30/h1-10,13-15,20-21H,11-12,16H2,(H,27,31)(H,28,32). The van der Waals surface area contributed by atoms with Crippen molar-refractivity contribution in [3.63, 3.8) is 0 Å². The summed E-state index contributed by atoms with van der Waals surface area (Å²) >= 11 is 0. The molecule has 2 heterocycles. The van der Waals surface area contributed by atoms with Crippen molar-refractivity contribution in [1.29, 1.82) is 0 Å². The van der Waals surface area contributed by atoms with Gasteiger partial charge in [0.15, 0.2) is 0 Å². The van der Waals surface area contributed by atoms with E-state index in [1.807, 2.05) is 42.5 Å². The molecule has 0 saturated carbocycles. The number of anilines is 2. The van der Waals surface area contributed by atoms with Crippen LogP contribution in [0.25, 0.3) is 0 Å². The van der Waals surface area contributed by atoms with Gasteiger partial charge in [0.2, 0.25) is 11.8 Å². The van der Waals surface area contributed by atoms with Gasteiger partial charge in [0, 0.05) is 11.6 Å². The van der Waals surface area contributed by atoms with Crippen molar-refractivity contribution in [2.24, 2.45) is 11.8 Å². The third-order valence-corrected chi connectivity index (χ3v) is 6.03. The average molecular weight is 441 g/mol. The van der Waals surface area contributed by atoms with Crippen LogP contribution in [0.1, 0.15) is 28.8 Å². The van der Waals surface area contributed by atoms with E-state index in [-0.39, 0.29) is 29.6 Å². The molecule has 1 aliphatic carbocycles. The summed E-state index contributed by atoms with van der Waals surface area (Å²) in [7, 11) is 0. The fraction of sp³-hybridized carbons (Fsp3) is 0.200. The molecule has 1 fully saturated rings. The number of carbonyl (C=O) groups excluding carboxylic acids is 3. The maximum absolute atomic E-state index is 13.0. The Morgan fingerprint density at radius 3 is 2.61 bits per heavy atom. The van der Waals surface area contributed by atoms with Crippen molar-refractivity contribution in [1.82, 2.24) is 15.2 Å². The second kappa shape index (κ2) is 8.74. The molecule has 0 radical (unpaired) electrons. The monoisotopic (exact) mass is 441 g/mol. The predicted molar refractivity (Wildman–Crippen MR) is 123 cm³/mol. The highest BCUT2D eigenvalue weighted by Gasteiger charge is 2.42. The largest absolute Gasteiger partial charge is 0.307 e. The Kier molecular flexibility index (Phi) is 5.48. The molecular formula is C25H23N5O3. The van der Waals surface area contributed by atoms with Crippen molar-refractivity contribution in [2.75, 3.05) is 10.3 Å². The van der Waals surface area contributed by atoms with Crippen LogP contribution >= 0.6 is 0 Å². The van der Waals surface area contributed by atoms with Gasteiger partial charge in [-0.2, -0.15) is 5.10 Å². The highest BCUT2D eigenvalue weighted by atomic mass is 16.2. The molecule has 33 heavy (non-hydrogen) atoms. The van der Waals surface area contributed by atoms with E-state index in [1.165, 1.54) is 5.01 Å². The first-order valence-corrected chi connectivity index (χ1v) is 10.9. The quantitative estimate of drug-likeness (QED) is 0.595. The Morgan fingerprint density at radius 2 is 1.79 bits per heavy atom. The number of nitrogens with zero attached hydrogens (tertiary/aromatic N) is 3. The van der Waals surface area contributed by atoms with Gasteiger partial charge < -0.3 is 5.32 Å². The zero-order valence-corrected chi connectivity index (χ0v) is 17.8. The minimum absolute atomic E-state index is 0.164. The number of benzene rings is 2. The van der Waals surface area contributed by atoms with E-state index in [1.54, 1.807) is 41.2 Å². The van der Waals surface area contributed by atoms with Gasteiger partial charge in [-0.3, -0.25) is 19.8 Å². The number of aromatic nitrogens is 2. The summed E-state index contributed by atoms with van der Waals surface area (Å²) in [6.07, 6.45) is 6.62. The highest BCUT2D eigenvalue weighted by molar-refractivity contribution is 6.07. The van der Waals surface area contributed by atoms with E-state index in [9.17, 15) is 14.4 Å². The Labute approximate surface area is 190 Å². The van der Waals surface area contributed by atoms with Crippen molar-refractivity contribution < 1.29 is 14.4 Å². The lowest BCUT2D eigenvalue weighted by Crippen LogP contribution is -2.59. The molecule has 3 aromatic rings. The van der Waals surface area contributed by atoms with E-state index in [4.69, 9.17) is 0 Å². The van der Waals surface area contributed by atoms with Gasteiger partial charge in [0.25, 0.3) is 5.91 Å². The molecule has 1 aliphatic heterocycles. The zero-order valence-electron chi connectivity index (χ0n) is 17.8. The second-order valence-corrected chi connectivity index (χ2v) is 8.17. The van der Waals surface area contributed by atoms with Gasteiger partial charge in [0.1, 0.15) is 5.82 Å². The topological polar surface area (TPSA) is 96.3 Å². The van der Waals surface area contributed by atoms with Gasteiger partial charge in [-0.1, -0.05) is 48.6 Å². The molecule has 8 nitrogen and oxygen atoms in total. The van der Waals surface area contributed by atoms with Crippen LogP contribution in [0.2, 0.25) is 0 Å². The molecule has 1 aromatic heterocycles. The Balaban J connectivity index is 1.33. The van der Waals surface area contributed by atoms with Gasteiger partial charge in [-0.05, 0) is 36.6 Å². The Bertz CT molecular complexity index is 1230. The minimum Gasteiger partial charge on any atom is -0.307 e. The normalized spacial score (nSPS) is 19.7. The lowest BCUT2D eigenvalue weighted by Gasteiger charge is -2.38. The van der Waals surface area contributed by atoms with Gasteiger partial charge in [0.05, 0.1) is 30.3 Å². The fourth-order valence-corrected chi connectivity index (χ4v) is 4.28. The van der Waals surface area contributed by atoms with Gasteiger partial charge in [-0.25, -0.2) is 9.69 Å². The number of amides is 3. The minimum atomic E-state index is -0.381. The smallest absolute Gasteiger partial charge is 0.256 e.